The minimum Gasteiger partial charge on any atom is -0.267 e. The third kappa shape index (κ3) is 5.13. The van der Waals surface area contributed by atoms with E-state index in [0.29, 0.717) is 11.4 Å². The summed E-state index contributed by atoms with van der Waals surface area (Å²) in [4.78, 5) is 0. The van der Waals surface area contributed by atoms with Crippen molar-refractivity contribution >= 4 is 21.7 Å². The van der Waals surface area contributed by atoms with Gasteiger partial charge in [0.25, 0.3) is 10.1 Å². The van der Waals surface area contributed by atoms with E-state index in [9.17, 15) is 8.42 Å². The number of hydrogen-bond acceptors (Lipinski definition) is 3. The van der Waals surface area contributed by atoms with Crippen molar-refractivity contribution in [2.75, 3.05) is 6.26 Å². The second kappa shape index (κ2) is 7.27. The van der Waals surface area contributed by atoms with Gasteiger partial charge in [-0.1, -0.05) is 54.1 Å². The molecule has 0 radical (unpaired) electrons. The molecule has 0 spiro atoms. The first kappa shape index (κ1) is 17.0. The number of halogens is 1. The molecule has 2 aromatic rings. The van der Waals surface area contributed by atoms with Gasteiger partial charge in [0.1, 0.15) is 0 Å². The van der Waals surface area contributed by atoms with Crippen LogP contribution in [0.5, 0.6) is 0 Å². The smallest absolute Gasteiger partial charge is 0.264 e. The third-order valence-corrected chi connectivity index (χ3v) is 4.39. The fraction of sp³-hybridized carbons (Fsp3) is 0.294. The molecule has 0 saturated carbocycles. The molecule has 5 heteroatoms. The molecule has 0 aliphatic rings. The van der Waals surface area contributed by atoms with Gasteiger partial charge in [-0.05, 0) is 36.6 Å². The van der Waals surface area contributed by atoms with Crippen LogP contribution < -0.4 is 0 Å². The van der Waals surface area contributed by atoms with Crippen LogP contribution >= 0.6 is 11.6 Å². The van der Waals surface area contributed by atoms with E-state index in [-0.39, 0.29) is 5.92 Å². The molecule has 0 amide bonds. The predicted molar refractivity (Wildman–Crippen MR) is 89.7 cm³/mol. The van der Waals surface area contributed by atoms with Crippen molar-refractivity contribution in [3.63, 3.8) is 0 Å². The van der Waals surface area contributed by atoms with E-state index in [1.54, 1.807) is 6.92 Å². The minimum atomic E-state index is -3.50. The van der Waals surface area contributed by atoms with Crippen LogP contribution in [0.2, 0.25) is 5.02 Å². The van der Waals surface area contributed by atoms with Gasteiger partial charge in [-0.25, -0.2) is 0 Å². The van der Waals surface area contributed by atoms with Crippen molar-refractivity contribution in [1.29, 1.82) is 0 Å². The van der Waals surface area contributed by atoms with E-state index in [2.05, 4.69) is 0 Å². The van der Waals surface area contributed by atoms with E-state index < -0.39 is 16.2 Å². The summed E-state index contributed by atoms with van der Waals surface area (Å²) in [5.41, 5.74) is 2.14. The van der Waals surface area contributed by atoms with Gasteiger partial charge in [0.05, 0.1) is 12.4 Å². The molecular formula is C17H19ClO3S. The quantitative estimate of drug-likeness (QED) is 0.747. The molecule has 0 fully saturated rings. The van der Waals surface area contributed by atoms with E-state index in [4.69, 9.17) is 15.8 Å². The molecule has 2 atom stereocenters. The molecule has 0 saturated heterocycles. The van der Waals surface area contributed by atoms with Gasteiger partial charge >= 0.3 is 0 Å². The van der Waals surface area contributed by atoms with E-state index >= 15 is 0 Å². The lowest BCUT2D eigenvalue weighted by atomic mass is 9.88. The highest BCUT2D eigenvalue weighted by Crippen LogP contribution is 2.27. The highest BCUT2D eigenvalue weighted by molar-refractivity contribution is 7.86. The Bertz CT molecular complexity index is 696. The zero-order valence-corrected chi connectivity index (χ0v) is 14.1. The second-order valence-electron chi connectivity index (χ2n) is 5.35. The van der Waals surface area contributed by atoms with Gasteiger partial charge in [-0.2, -0.15) is 8.42 Å². The Morgan fingerprint density at radius 1 is 1.05 bits per heavy atom. The molecule has 0 unspecified atom stereocenters. The Morgan fingerprint density at radius 3 is 2.18 bits per heavy atom. The fourth-order valence-corrected chi connectivity index (χ4v) is 3.28. The first-order valence-corrected chi connectivity index (χ1v) is 9.22. The molecule has 2 rings (SSSR count). The molecule has 118 valence electrons. The Morgan fingerprint density at radius 2 is 1.64 bits per heavy atom. The molecule has 2 aromatic carbocycles. The van der Waals surface area contributed by atoms with Gasteiger partial charge in [-0.15, -0.1) is 0 Å². The number of benzene rings is 2. The lowest BCUT2D eigenvalue weighted by Crippen LogP contribution is -2.24. The van der Waals surface area contributed by atoms with Crippen LogP contribution in [0.4, 0.5) is 0 Å². The molecule has 0 aliphatic heterocycles. The van der Waals surface area contributed by atoms with Gasteiger partial charge in [-0.3, -0.25) is 4.18 Å². The van der Waals surface area contributed by atoms with Crippen LogP contribution in [-0.2, 0) is 20.7 Å². The Labute approximate surface area is 137 Å². The zero-order valence-electron chi connectivity index (χ0n) is 12.6. The van der Waals surface area contributed by atoms with Gasteiger partial charge in [0.2, 0.25) is 0 Å². The summed E-state index contributed by atoms with van der Waals surface area (Å²) in [6.07, 6.45) is 1.30. The summed E-state index contributed by atoms with van der Waals surface area (Å²) in [6.45, 7) is 1.79. The topological polar surface area (TPSA) is 43.4 Å². The molecule has 0 N–H and O–H groups in total. The predicted octanol–water partition coefficient (Wildman–Crippen LogP) is 4.03. The molecule has 22 heavy (non-hydrogen) atoms. The summed E-state index contributed by atoms with van der Waals surface area (Å²) in [5, 5.41) is 0.681. The number of hydrogen-bond donors (Lipinski definition) is 0. The lowest BCUT2D eigenvalue weighted by molar-refractivity contribution is 0.197. The Hall–Kier alpha value is -1.36. The summed E-state index contributed by atoms with van der Waals surface area (Å²) >= 11 is 5.91. The zero-order chi connectivity index (χ0) is 16.2. The number of rotatable bonds is 6. The maximum atomic E-state index is 11.4. The monoisotopic (exact) mass is 338 g/mol. The first-order valence-electron chi connectivity index (χ1n) is 7.03. The van der Waals surface area contributed by atoms with Crippen LogP contribution in [0.1, 0.15) is 24.0 Å². The van der Waals surface area contributed by atoms with Crippen molar-refractivity contribution in [1.82, 2.24) is 0 Å². The average molecular weight is 339 g/mol. The molecule has 0 aromatic heterocycles. The third-order valence-electron chi connectivity index (χ3n) is 3.49. The summed E-state index contributed by atoms with van der Waals surface area (Å²) in [5.74, 6) is -0.0582. The van der Waals surface area contributed by atoms with Crippen molar-refractivity contribution in [2.24, 2.45) is 0 Å². The first-order chi connectivity index (χ1) is 10.3. The lowest BCUT2D eigenvalue weighted by Gasteiger charge is -2.24. The van der Waals surface area contributed by atoms with E-state index in [1.807, 2.05) is 54.6 Å². The van der Waals surface area contributed by atoms with Crippen LogP contribution in [0.25, 0.3) is 0 Å². The molecule has 0 heterocycles. The van der Waals surface area contributed by atoms with Crippen LogP contribution in [0.15, 0.2) is 54.6 Å². The maximum absolute atomic E-state index is 11.4. The van der Waals surface area contributed by atoms with Crippen molar-refractivity contribution in [2.45, 2.75) is 25.4 Å². The fourth-order valence-electron chi connectivity index (χ4n) is 2.47. The van der Waals surface area contributed by atoms with Gasteiger partial charge < -0.3 is 0 Å². The Kier molecular flexibility index (Phi) is 5.62. The van der Waals surface area contributed by atoms with Gasteiger partial charge in [0, 0.05) is 10.9 Å². The van der Waals surface area contributed by atoms with Crippen LogP contribution in [0.3, 0.4) is 0 Å². The van der Waals surface area contributed by atoms with Crippen molar-refractivity contribution in [3.8, 4) is 0 Å². The largest absolute Gasteiger partial charge is 0.267 e. The standard InChI is InChI=1S/C17H19ClO3S/c1-13(21-22(2,19)20)17(15-6-4-3-5-7-15)12-14-8-10-16(18)11-9-14/h3-11,13,17H,12H2,1-2H3/t13-,17+/m0/s1. The molecule has 3 nitrogen and oxygen atoms in total. The Balaban J connectivity index is 2.27. The summed E-state index contributed by atoms with van der Waals surface area (Å²) in [6, 6.07) is 17.4. The SMILES string of the molecule is C[C@H](OS(C)(=O)=O)[C@@H](Cc1ccc(Cl)cc1)c1ccccc1. The minimum absolute atomic E-state index is 0.0582. The highest BCUT2D eigenvalue weighted by atomic mass is 35.5. The summed E-state index contributed by atoms with van der Waals surface area (Å²) < 4.78 is 28.1. The maximum Gasteiger partial charge on any atom is 0.264 e. The van der Waals surface area contributed by atoms with Gasteiger partial charge in [0.15, 0.2) is 0 Å². The van der Waals surface area contributed by atoms with Crippen LogP contribution in [-0.4, -0.2) is 20.8 Å². The van der Waals surface area contributed by atoms with Crippen molar-refractivity contribution in [3.05, 3.63) is 70.7 Å². The second-order valence-corrected chi connectivity index (χ2v) is 7.39. The normalized spacial score (nSPS) is 14.5. The van der Waals surface area contributed by atoms with Crippen molar-refractivity contribution < 1.29 is 12.6 Å². The highest BCUT2D eigenvalue weighted by Gasteiger charge is 2.23. The molecule has 0 aliphatic carbocycles. The molecule has 0 bridgehead atoms. The summed E-state index contributed by atoms with van der Waals surface area (Å²) in [7, 11) is -3.50. The van der Waals surface area contributed by atoms with Crippen LogP contribution in [0, 0.1) is 0 Å². The average Bonchev–Trinajstić information content (AvgIpc) is 2.45. The molecular weight excluding hydrogens is 320 g/mol. The van der Waals surface area contributed by atoms with E-state index in [1.165, 1.54) is 0 Å². The van der Waals surface area contributed by atoms with E-state index in [0.717, 1.165) is 17.4 Å².